The van der Waals surface area contributed by atoms with E-state index in [-0.39, 0.29) is 12.4 Å². The van der Waals surface area contributed by atoms with Gasteiger partial charge in [0, 0.05) is 31.6 Å². The lowest BCUT2D eigenvalue weighted by Gasteiger charge is -2.20. The molecule has 0 unspecified atom stereocenters. The van der Waals surface area contributed by atoms with Crippen molar-refractivity contribution >= 4 is 15.7 Å². The maximum absolute atomic E-state index is 11.1. The molecule has 0 atom stereocenters. The van der Waals surface area contributed by atoms with E-state index in [1.54, 1.807) is 25.1 Å². The number of aromatic nitrogens is 2. The van der Waals surface area contributed by atoms with Gasteiger partial charge in [-0.15, -0.1) is 0 Å². The molecule has 1 aromatic rings. The minimum Gasteiger partial charge on any atom is -0.391 e. The van der Waals surface area contributed by atoms with E-state index in [9.17, 15) is 8.42 Å². The van der Waals surface area contributed by atoms with Gasteiger partial charge in [-0.2, -0.15) is 0 Å². The molecule has 1 aromatic heterocycles. The highest BCUT2D eigenvalue weighted by atomic mass is 32.2. The number of aliphatic hydroxyl groups is 1. The number of rotatable bonds is 5. The van der Waals surface area contributed by atoms with E-state index in [4.69, 9.17) is 5.11 Å². The van der Waals surface area contributed by atoms with Crippen molar-refractivity contribution in [3.8, 4) is 0 Å². The maximum atomic E-state index is 11.1. The third-order valence-electron chi connectivity index (χ3n) is 2.29. The van der Waals surface area contributed by atoms with Crippen LogP contribution >= 0.6 is 0 Å². The van der Waals surface area contributed by atoms with Crippen LogP contribution in [0.25, 0.3) is 0 Å². The molecule has 0 saturated carbocycles. The second-order valence-corrected chi connectivity index (χ2v) is 6.24. The predicted octanol–water partition coefficient (Wildman–Crippen LogP) is -0.242. The molecule has 96 valence electrons. The largest absolute Gasteiger partial charge is 0.391 e. The Morgan fingerprint density at radius 2 is 2.12 bits per heavy atom. The SMILES string of the molecule is Cc1ncc(CO)c(N(C)CCS(C)(=O)=O)n1. The van der Waals surface area contributed by atoms with E-state index in [0.29, 0.717) is 23.8 Å². The molecule has 0 fully saturated rings. The van der Waals surface area contributed by atoms with Crippen LogP contribution in [0.2, 0.25) is 0 Å². The van der Waals surface area contributed by atoms with Crippen LogP contribution in [-0.2, 0) is 16.4 Å². The van der Waals surface area contributed by atoms with Crippen LogP contribution in [0.3, 0.4) is 0 Å². The molecular weight excluding hydrogens is 242 g/mol. The van der Waals surface area contributed by atoms with Gasteiger partial charge < -0.3 is 10.0 Å². The molecule has 1 N–H and O–H groups in total. The Balaban J connectivity index is 2.87. The van der Waals surface area contributed by atoms with Crippen LogP contribution in [0.15, 0.2) is 6.20 Å². The van der Waals surface area contributed by atoms with E-state index in [1.165, 1.54) is 6.26 Å². The fourth-order valence-corrected chi connectivity index (χ4v) is 1.94. The summed E-state index contributed by atoms with van der Waals surface area (Å²) in [5.41, 5.74) is 0.589. The Hall–Kier alpha value is -1.21. The molecule has 0 aliphatic carbocycles. The minimum absolute atomic E-state index is 0.0530. The zero-order valence-corrected chi connectivity index (χ0v) is 11.0. The van der Waals surface area contributed by atoms with Gasteiger partial charge in [-0.1, -0.05) is 0 Å². The van der Waals surface area contributed by atoms with E-state index < -0.39 is 9.84 Å². The van der Waals surface area contributed by atoms with E-state index >= 15 is 0 Å². The first-order valence-corrected chi connectivity index (χ1v) is 7.22. The van der Waals surface area contributed by atoms with Crippen molar-refractivity contribution in [1.29, 1.82) is 0 Å². The van der Waals surface area contributed by atoms with E-state index in [2.05, 4.69) is 9.97 Å². The number of aliphatic hydroxyl groups excluding tert-OH is 1. The van der Waals surface area contributed by atoms with Gasteiger partial charge in [0.15, 0.2) is 0 Å². The van der Waals surface area contributed by atoms with E-state index in [1.807, 2.05) is 0 Å². The van der Waals surface area contributed by atoms with Crippen molar-refractivity contribution in [2.45, 2.75) is 13.5 Å². The summed E-state index contributed by atoms with van der Waals surface area (Å²) in [6.45, 7) is 1.91. The first kappa shape index (κ1) is 13.9. The molecular formula is C10H17N3O3S. The molecule has 0 amide bonds. The molecule has 6 nitrogen and oxygen atoms in total. The van der Waals surface area contributed by atoms with Gasteiger partial charge in [-0.25, -0.2) is 18.4 Å². The monoisotopic (exact) mass is 259 g/mol. The van der Waals surface area contributed by atoms with Crippen LogP contribution in [-0.4, -0.2) is 49.1 Å². The maximum Gasteiger partial charge on any atom is 0.149 e. The standard InChI is InChI=1S/C10H17N3O3S/c1-8-11-6-9(7-14)10(12-8)13(2)4-5-17(3,15)16/h6,14H,4-5,7H2,1-3H3. The predicted molar refractivity (Wildman–Crippen MR) is 65.7 cm³/mol. The quantitative estimate of drug-likeness (QED) is 0.785. The summed E-state index contributed by atoms with van der Waals surface area (Å²) in [5, 5.41) is 9.16. The van der Waals surface area contributed by atoms with Crippen LogP contribution in [0, 0.1) is 6.92 Å². The van der Waals surface area contributed by atoms with Crippen molar-refractivity contribution in [2.75, 3.05) is 30.5 Å². The number of hydrogen-bond donors (Lipinski definition) is 1. The van der Waals surface area contributed by atoms with Gasteiger partial charge in [0.25, 0.3) is 0 Å². The highest BCUT2D eigenvalue weighted by Crippen LogP contribution is 2.15. The van der Waals surface area contributed by atoms with Crippen molar-refractivity contribution in [3.05, 3.63) is 17.6 Å². The van der Waals surface area contributed by atoms with Crippen molar-refractivity contribution in [3.63, 3.8) is 0 Å². The summed E-state index contributed by atoms with van der Waals surface area (Å²) >= 11 is 0. The van der Waals surface area contributed by atoms with Crippen LogP contribution in [0.5, 0.6) is 0 Å². The van der Waals surface area contributed by atoms with Gasteiger partial charge in [-0.05, 0) is 6.92 Å². The molecule has 0 radical (unpaired) electrons. The number of anilines is 1. The number of aryl methyl sites for hydroxylation is 1. The van der Waals surface area contributed by atoms with Crippen molar-refractivity contribution in [1.82, 2.24) is 9.97 Å². The highest BCUT2D eigenvalue weighted by molar-refractivity contribution is 7.90. The first-order valence-electron chi connectivity index (χ1n) is 5.15. The Labute approximate surface area is 101 Å². The Bertz CT molecular complexity index is 488. The molecule has 0 saturated heterocycles. The first-order chi connectivity index (χ1) is 7.83. The molecule has 7 heteroatoms. The van der Waals surface area contributed by atoms with Gasteiger partial charge in [-0.3, -0.25) is 0 Å². The zero-order valence-electron chi connectivity index (χ0n) is 10.2. The van der Waals surface area contributed by atoms with Gasteiger partial charge >= 0.3 is 0 Å². The van der Waals surface area contributed by atoms with Crippen molar-refractivity contribution < 1.29 is 13.5 Å². The Morgan fingerprint density at radius 3 is 2.65 bits per heavy atom. The Morgan fingerprint density at radius 1 is 1.47 bits per heavy atom. The fourth-order valence-electron chi connectivity index (χ4n) is 1.33. The highest BCUT2D eigenvalue weighted by Gasteiger charge is 2.12. The lowest BCUT2D eigenvalue weighted by molar-refractivity contribution is 0.281. The summed E-state index contributed by atoms with van der Waals surface area (Å²) in [5.74, 6) is 1.21. The molecule has 0 aliphatic heterocycles. The van der Waals surface area contributed by atoms with Crippen molar-refractivity contribution in [2.24, 2.45) is 0 Å². The van der Waals surface area contributed by atoms with Gasteiger partial charge in [0.1, 0.15) is 21.5 Å². The topological polar surface area (TPSA) is 83.4 Å². The van der Waals surface area contributed by atoms with Crippen LogP contribution in [0.4, 0.5) is 5.82 Å². The average molecular weight is 259 g/mol. The minimum atomic E-state index is -3.00. The molecule has 0 aromatic carbocycles. The summed E-state index contributed by atoms with van der Waals surface area (Å²) in [4.78, 5) is 9.90. The summed E-state index contributed by atoms with van der Waals surface area (Å²) in [6, 6.07) is 0. The van der Waals surface area contributed by atoms with E-state index in [0.717, 1.165) is 0 Å². The summed E-state index contributed by atoms with van der Waals surface area (Å²) < 4.78 is 22.2. The third-order valence-corrected chi connectivity index (χ3v) is 3.22. The molecule has 17 heavy (non-hydrogen) atoms. The van der Waals surface area contributed by atoms with Crippen LogP contribution in [0.1, 0.15) is 11.4 Å². The molecule has 0 aliphatic rings. The second-order valence-electron chi connectivity index (χ2n) is 3.98. The third kappa shape index (κ3) is 4.27. The number of nitrogens with zero attached hydrogens (tertiary/aromatic N) is 3. The average Bonchev–Trinajstić information content (AvgIpc) is 2.25. The summed E-state index contributed by atoms with van der Waals surface area (Å²) in [7, 11) is -1.26. The molecule has 1 heterocycles. The number of hydrogen-bond acceptors (Lipinski definition) is 6. The lowest BCUT2D eigenvalue weighted by atomic mass is 10.3. The molecule has 0 spiro atoms. The van der Waals surface area contributed by atoms with Gasteiger partial charge in [0.2, 0.25) is 0 Å². The zero-order chi connectivity index (χ0) is 13.1. The summed E-state index contributed by atoms with van der Waals surface area (Å²) in [6.07, 6.45) is 2.74. The van der Waals surface area contributed by atoms with Crippen LogP contribution < -0.4 is 4.90 Å². The van der Waals surface area contributed by atoms with Gasteiger partial charge in [0.05, 0.1) is 12.4 Å². The normalized spacial score (nSPS) is 11.5. The smallest absolute Gasteiger partial charge is 0.149 e. The molecule has 1 rings (SSSR count). The second kappa shape index (κ2) is 5.42. The Kier molecular flexibility index (Phi) is 4.41. The number of sulfone groups is 1. The fraction of sp³-hybridized carbons (Fsp3) is 0.600. The molecule has 0 bridgehead atoms. The lowest BCUT2D eigenvalue weighted by Crippen LogP contribution is -2.27.